The van der Waals surface area contributed by atoms with E-state index < -0.39 is 22.7 Å². The summed E-state index contributed by atoms with van der Waals surface area (Å²) in [5.74, 6) is -0.323. The van der Waals surface area contributed by atoms with Crippen LogP contribution in [0.3, 0.4) is 0 Å². The second-order valence-corrected chi connectivity index (χ2v) is 19.2. The number of hydrogen-bond acceptors (Lipinski definition) is 7. The van der Waals surface area contributed by atoms with E-state index in [1.54, 1.807) is 0 Å². The van der Waals surface area contributed by atoms with Crippen molar-refractivity contribution in [3.63, 3.8) is 0 Å². The average Bonchev–Trinajstić information content (AvgIpc) is 2.75. The summed E-state index contributed by atoms with van der Waals surface area (Å²) in [6, 6.07) is 0.117. The van der Waals surface area contributed by atoms with Gasteiger partial charge in [0.15, 0.2) is 0 Å². The summed E-state index contributed by atoms with van der Waals surface area (Å²) < 4.78 is 16.7. The molecule has 3 amide bonds. The van der Waals surface area contributed by atoms with Crippen LogP contribution in [0.5, 0.6) is 0 Å². The van der Waals surface area contributed by atoms with Gasteiger partial charge in [-0.15, -0.1) is 0 Å². The third-order valence-electron chi connectivity index (χ3n) is 5.23. The summed E-state index contributed by atoms with van der Waals surface area (Å²) in [6.07, 6.45) is 5.39. The topological polar surface area (TPSA) is 127 Å². The highest BCUT2D eigenvalue weighted by Gasteiger charge is 2.35. The zero-order valence-electron chi connectivity index (χ0n) is 24.0. The molecular formula is C24H49BN4O6Si2. The molecule has 0 aromatic rings. The van der Waals surface area contributed by atoms with E-state index >= 15 is 0 Å². The number of rotatable bonds is 19. The Balaban J connectivity index is 3.84. The molecule has 2 atom stereocenters. The maximum absolute atomic E-state index is 12.0. The molecule has 0 spiro atoms. The largest absolute Gasteiger partial charge is 0.467 e. The molecule has 2 radical (unpaired) electrons. The van der Waals surface area contributed by atoms with Crippen molar-refractivity contribution in [2.45, 2.75) is 97.6 Å². The summed E-state index contributed by atoms with van der Waals surface area (Å²) >= 11 is 0. The van der Waals surface area contributed by atoms with Gasteiger partial charge in [0.05, 0.1) is 0 Å². The minimum Gasteiger partial charge on any atom is -0.467 e. The van der Waals surface area contributed by atoms with Crippen LogP contribution >= 0.6 is 0 Å². The summed E-state index contributed by atoms with van der Waals surface area (Å²) in [5, 5.41) is 11.7. The second kappa shape index (κ2) is 18.3. The van der Waals surface area contributed by atoms with E-state index in [4.69, 9.17) is 21.4 Å². The molecule has 2 unspecified atom stereocenters. The highest BCUT2D eigenvalue weighted by Crippen LogP contribution is 2.15. The van der Waals surface area contributed by atoms with Gasteiger partial charge >= 0.3 is 18.1 Å². The molecule has 0 aliphatic heterocycles. The Hall–Kier alpha value is -1.99. The number of unbranched alkanes of at least 4 members (excludes halogenated alkanes) is 3. The first-order valence-electron chi connectivity index (χ1n) is 13.1. The fourth-order valence-electron chi connectivity index (χ4n) is 3.60. The van der Waals surface area contributed by atoms with Crippen LogP contribution in [0.4, 0.5) is 9.59 Å². The average molecular weight is 557 g/mol. The molecule has 4 N–H and O–H groups in total. The Labute approximate surface area is 227 Å². The second-order valence-electron chi connectivity index (χ2n) is 10.8. The molecule has 0 saturated carbocycles. The number of urea groups is 1. The van der Waals surface area contributed by atoms with Crippen LogP contribution in [0.25, 0.3) is 0 Å². The fourth-order valence-corrected chi connectivity index (χ4v) is 11.1. The van der Waals surface area contributed by atoms with E-state index in [1.807, 2.05) is 40.0 Å². The standard InChI is InChI=1S/C24H49BN4O6Si2/c1-19(28-21(3)25)13-14-20(2)29-23(31)26-15-11-9-10-12-16-27-24(32)34-18-37(7,8)35-36(5,6)17-33-22(4)30/h19-20,28H,3,9-18H2,1-2,4-8H3,(H,27,32)(H2,26,29,31). The number of esters is 1. The molecule has 0 aromatic heterocycles. The van der Waals surface area contributed by atoms with Crippen LogP contribution in [-0.4, -0.2) is 80.2 Å². The first-order valence-corrected chi connectivity index (χ1v) is 19.3. The first-order chi connectivity index (χ1) is 17.1. The number of carbonyl (C=O) groups excluding carboxylic acids is 3. The molecule has 0 aromatic carbocycles. The van der Waals surface area contributed by atoms with Gasteiger partial charge in [-0.25, -0.2) is 9.59 Å². The summed E-state index contributed by atoms with van der Waals surface area (Å²) in [5.41, 5.74) is 0.452. The molecule has 10 nitrogen and oxygen atoms in total. The van der Waals surface area contributed by atoms with Crippen LogP contribution in [-0.2, 0) is 18.4 Å². The maximum atomic E-state index is 12.0. The Morgan fingerprint density at radius 1 is 0.811 bits per heavy atom. The van der Waals surface area contributed by atoms with Gasteiger partial charge in [-0.3, -0.25) is 4.79 Å². The van der Waals surface area contributed by atoms with Crippen LogP contribution in [0.2, 0.25) is 26.2 Å². The molecule has 0 rings (SSSR count). The van der Waals surface area contributed by atoms with Crippen molar-refractivity contribution in [2.75, 3.05) is 25.5 Å². The molecule has 13 heteroatoms. The van der Waals surface area contributed by atoms with Crippen LogP contribution < -0.4 is 21.3 Å². The van der Waals surface area contributed by atoms with Crippen molar-refractivity contribution in [2.24, 2.45) is 0 Å². The minimum atomic E-state index is -2.24. The third kappa shape index (κ3) is 21.8. The zero-order valence-corrected chi connectivity index (χ0v) is 26.0. The van der Waals surface area contributed by atoms with Gasteiger partial charge in [0.2, 0.25) is 16.6 Å². The van der Waals surface area contributed by atoms with E-state index in [1.165, 1.54) is 6.92 Å². The molecule has 0 fully saturated rings. The van der Waals surface area contributed by atoms with Crippen molar-refractivity contribution >= 4 is 42.6 Å². The van der Waals surface area contributed by atoms with Crippen molar-refractivity contribution in [1.82, 2.24) is 21.3 Å². The lowest BCUT2D eigenvalue weighted by Gasteiger charge is -2.32. The van der Waals surface area contributed by atoms with Crippen molar-refractivity contribution in [3.05, 3.63) is 12.2 Å². The maximum Gasteiger partial charge on any atom is 0.406 e. The number of nitrogens with one attached hydrogen (secondary N) is 4. The normalized spacial score (nSPS) is 13.2. The Bertz CT molecular complexity index is 727. The number of hydrogen-bond donors (Lipinski definition) is 4. The minimum absolute atomic E-state index is 0.0650. The monoisotopic (exact) mass is 556 g/mol. The van der Waals surface area contributed by atoms with E-state index in [9.17, 15) is 14.4 Å². The number of amides is 3. The highest BCUT2D eigenvalue weighted by atomic mass is 28.4. The number of carbonyl (C=O) groups is 3. The lowest BCUT2D eigenvalue weighted by Crippen LogP contribution is -2.51. The highest BCUT2D eigenvalue weighted by molar-refractivity contribution is 6.84. The zero-order chi connectivity index (χ0) is 28.5. The molecule has 212 valence electrons. The van der Waals surface area contributed by atoms with Crippen LogP contribution in [0.15, 0.2) is 12.2 Å². The van der Waals surface area contributed by atoms with Gasteiger partial charge in [-0.2, -0.15) is 0 Å². The Kier molecular flexibility index (Phi) is 17.3. The van der Waals surface area contributed by atoms with Gasteiger partial charge in [-0.1, -0.05) is 19.4 Å². The molecule has 0 aliphatic carbocycles. The van der Waals surface area contributed by atoms with E-state index in [-0.39, 0.29) is 36.5 Å². The summed E-state index contributed by atoms with van der Waals surface area (Å²) in [6.45, 7) is 18.1. The molecule has 0 aliphatic rings. The lowest BCUT2D eigenvalue weighted by atomic mass is 10.0. The predicted molar refractivity (Wildman–Crippen MR) is 153 cm³/mol. The molecule has 0 bridgehead atoms. The number of alkyl carbamates (subject to hydrolysis) is 1. The van der Waals surface area contributed by atoms with Crippen molar-refractivity contribution in [1.29, 1.82) is 0 Å². The molecule has 0 heterocycles. The van der Waals surface area contributed by atoms with Gasteiger partial charge < -0.3 is 34.9 Å². The molecule has 0 saturated heterocycles. The van der Waals surface area contributed by atoms with Crippen LogP contribution in [0, 0.1) is 0 Å². The van der Waals surface area contributed by atoms with E-state index in [0.29, 0.717) is 18.7 Å². The lowest BCUT2D eigenvalue weighted by molar-refractivity contribution is -0.139. The summed E-state index contributed by atoms with van der Waals surface area (Å²) in [7, 11) is 1.11. The molecule has 37 heavy (non-hydrogen) atoms. The third-order valence-corrected chi connectivity index (χ3v) is 11.3. The first kappa shape index (κ1) is 35.0. The van der Waals surface area contributed by atoms with Crippen molar-refractivity contribution in [3.8, 4) is 0 Å². The van der Waals surface area contributed by atoms with E-state index in [2.05, 4.69) is 27.8 Å². The van der Waals surface area contributed by atoms with Gasteiger partial charge in [-0.05, 0) is 71.3 Å². The SMILES string of the molecule is [B]C(=C)NC(C)CCC(C)NC(=O)NCCCCCCNC(=O)OC[Si](C)(C)O[Si](C)(C)COC(C)=O. The van der Waals surface area contributed by atoms with E-state index in [0.717, 1.165) is 38.5 Å². The van der Waals surface area contributed by atoms with Crippen molar-refractivity contribution < 1.29 is 28.0 Å². The fraction of sp³-hybridized carbons (Fsp3) is 0.792. The quantitative estimate of drug-likeness (QED) is 0.109. The smallest absolute Gasteiger partial charge is 0.406 e. The van der Waals surface area contributed by atoms with Gasteiger partial charge in [0.25, 0.3) is 0 Å². The Morgan fingerprint density at radius 3 is 1.81 bits per heavy atom. The van der Waals surface area contributed by atoms with Crippen LogP contribution in [0.1, 0.15) is 59.3 Å². The summed E-state index contributed by atoms with van der Waals surface area (Å²) in [4.78, 5) is 35.0. The Morgan fingerprint density at radius 2 is 1.30 bits per heavy atom. The van der Waals surface area contributed by atoms with Gasteiger partial charge in [0.1, 0.15) is 20.3 Å². The predicted octanol–water partition coefficient (Wildman–Crippen LogP) is 3.43. The van der Waals surface area contributed by atoms with Gasteiger partial charge in [0, 0.05) is 32.1 Å². The number of ether oxygens (including phenoxy) is 2. The molecular weight excluding hydrogens is 507 g/mol.